The van der Waals surface area contributed by atoms with Gasteiger partial charge < -0.3 is 16.0 Å². The van der Waals surface area contributed by atoms with Crippen LogP contribution in [0.4, 0.5) is 0 Å². The Labute approximate surface area is 159 Å². The number of amides is 1. The molecule has 2 rings (SSSR count). The summed E-state index contributed by atoms with van der Waals surface area (Å²) in [4.78, 5) is 22.4. The Morgan fingerprint density at radius 2 is 1.85 bits per heavy atom. The average molecular weight is 374 g/mol. The van der Waals surface area contributed by atoms with Crippen LogP contribution in [-0.4, -0.2) is 43.0 Å². The molecule has 1 heterocycles. The number of guanidine groups is 1. The van der Waals surface area contributed by atoms with E-state index in [1.54, 1.807) is 23.5 Å². The van der Waals surface area contributed by atoms with Crippen molar-refractivity contribution in [2.24, 2.45) is 4.99 Å². The van der Waals surface area contributed by atoms with E-state index in [1.165, 1.54) is 4.88 Å². The number of carbonyl (C=O) groups excluding carboxylic acids is 1. The van der Waals surface area contributed by atoms with Gasteiger partial charge in [0.15, 0.2) is 5.96 Å². The van der Waals surface area contributed by atoms with Crippen molar-refractivity contribution < 1.29 is 4.79 Å². The predicted molar refractivity (Wildman–Crippen MR) is 108 cm³/mol. The smallest absolute Gasteiger partial charge is 0.251 e. The van der Waals surface area contributed by atoms with Gasteiger partial charge in [0.05, 0.1) is 10.7 Å². The quantitative estimate of drug-likeness (QED) is 0.377. The first-order valence-electron chi connectivity index (χ1n) is 8.88. The van der Waals surface area contributed by atoms with Crippen molar-refractivity contribution in [1.82, 2.24) is 20.9 Å². The largest absolute Gasteiger partial charge is 0.357 e. The summed E-state index contributed by atoms with van der Waals surface area (Å²) >= 11 is 1.73. The number of carbonyl (C=O) groups is 1. The standard InChI is InChI=1S/C19H27N5OS/c1-4-20-19(22-11-10-17-24-14(2)15(3)26-17)23-13-12-21-18(25)16-8-6-5-7-9-16/h5-9H,4,10-13H2,1-3H3,(H,21,25)(H2,20,22,23). The summed E-state index contributed by atoms with van der Waals surface area (Å²) in [5.74, 6) is 0.690. The highest BCUT2D eigenvalue weighted by Gasteiger charge is 2.05. The molecule has 3 N–H and O–H groups in total. The van der Waals surface area contributed by atoms with Crippen LogP contribution in [-0.2, 0) is 6.42 Å². The Morgan fingerprint density at radius 3 is 2.50 bits per heavy atom. The van der Waals surface area contributed by atoms with E-state index in [0.29, 0.717) is 25.2 Å². The summed E-state index contributed by atoms with van der Waals surface area (Å²) in [6.45, 7) is 8.77. The summed E-state index contributed by atoms with van der Waals surface area (Å²) < 4.78 is 0. The lowest BCUT2D eigenvalue weighted by atomic mass is 10.2. The summed E-state index contributed by atoms with van der Waals surface area (Å²) in [5.41, 5.74) is 1.77. The fourth-order valence-corrected chi connectivity index (χ4v) is 3.22. The molecule has 1 amide bonds. The third kappa shape index (κ3) is 6.48. The second-order valence-electron chi connectivity index (χ2n) is 5.81. The summed E-state index contributed by atoms with van der Waals surface area (Å²) in [5, 5.41) is 10.5. The number of aryl methyl sites for hydroxylation is 2. The van der Waals surface area contributed by atoms with E-state index in [-0.39, 0.29) is 5.91 Å². The van der Waals surface area contributed by atoms with Gasteiger partial charge in [-0.05, 0) is 32.9 Å². The molecule has 7 heteroatoms. The maximum Gasteiger partial charge on any atom is 0.251 e. The fourth-order valence-electron chi connectivity index (χ4n) is 2.30. The van der Waals surface area contributed by atoms with Crippen molar-refractivity contribution in [1.29, 1.82) is 0 Å². The molecular weight excluding hydrogens is 346 g/mol. The van der Waals surface area contributed by atoms with Crippen molar-refractivity contribution in [3.8, 4) is 0 Å². The molecule has 0 atom stereocenters. The molecule has 0 fully saturated rings. The van der Waals surface area contributed by atoms with E-state index in [9.17, 15) is 4.79 Å². The SMILES string of the molecule is CCNC(=NCCc1nc(C)c(C)s1)NCCNC(=O)c1ccccc1. The van der Waals surface area contributed by atoms with Gasteiger partial charge in [0, 0.05) is 43.0 Å². The van der Waals surface area contributed by atoms with E-state index >= 15 is 0 Å². The van der Waals surface area contributed by atoms with E-state index in [2.05, 4.69) is 32.9 Å². The Morgan fingerprint density at radius 1 is 1.12 bits per heavy atom. The molecule has 0 aliphatic heterocycles. The minimum Gasteiger partial charge on any atom is -0.357 e. The molecule has 26 heavy (non-hydrogen) atoms. The Bertz CT molecular complexity index is 707. The second-order valence-corrected chi connectivity index (χ2v) is 7.10. The number of hydrogen-bond acceptors (Lipinski definition) is 4. The molecule has 0 saturated carbocycles. The van der Waals surface area contributed by atoms with Gasteiger partial charge >= 0.3 is 0 Å². The number of thiazole rings is 1. The summed E-state index contributed by atoms with van der Waals surface area (Å²) in [6, 6.07) is 9.21. The molecular formula is C19H27N5OS. The Hall–Kier alpha value is -2.41. The average Bonchev–Trinajstić information content (AvgIpc) is 2.97. The van der Waals surface area contributed by atoms with Crippen molar-refractivity contribution in [3.05, 3.63) is 51.5 Å². The Balaban J connectivity index is 1.73. The van der Waals surface area contributed by atoms with Crippen LogP contribution in [0.1, 0.15) is 32.9 Å². The van der Waals surface area contributed by atoms with Gasteiger partial charge in [-0.1, -0.05) is 18.2 Å². The molecule has 0 aliphatic rings. The van der Waals surface area contributed by atoms with Gasteiger partial charge in [-0.2, -0.15) is 0 Å². The van der Waals surface area contributed by atoms with Crippen LogP contribution in [0.15, 0.2) is 35.3 Å². The maximum absolute atomic E-state index is 12.0. The molecule has 0 spiro atoms. The van der Waals surface area contributed by atoms with Crippen LogP contribution >= 0.6 is 11.3 Å². The minimum atomic E-state index is -0.0659. The molecule has 1 aromatic heterocycles. The number of hydrogen-bond donors (Lipinski definition) is 3. The monoisotopic (exact) mass is 373 g/mol. The number of nitrogens with zero attached hydrogens (tertiary/aromatic N) is 2. The highest BCUT2D eigenvalue weighted by molar-refractivity contribution is 7.11. The van der Waals surface area contributed by atoms with Crippen LogP contribution in [0.5, 0.6) is 0 Å². The fraction of sp³-hybridized carbons (Fsp3) is 0.421. The first-order valence-corrected chi connectivity index (χ1v) is 9.70. The molecule has 1 aromatic carbocycles. The van der Waals surface area contributed by atoms with Crippen LogP contribution in [0.3, 0.4) is 0 Å². The van der Waals surface area contributed by atoms with Crippen LogP contribution in [0.25, 0.3) is 0 Å². The molecule has 0 radical (unpaired) electrons. The first kappa shape index (κ1) is 19.9. The minimum absolute atomic E-state index is 0.0659. The van der Waals surface area contributed by atoms with Gasteiger partial charge in [-0.15, -0.1) is 11.3 Å². The summed E-state index contributed by atoms with van der Waals surface area (Å²) in [7, 11) is 0. The Kier molecular flexibility index (Phi) is 8.08. The lowest BCUT2D eigenvalue weighted by Gasteiger charge is -2.11. The number of rotatable bonds is 8. The third-order valence-corrected chi connectivity index (χ3v) is 4.88. The van der Waals surface area contributed by atoms with Gasteiger partial charge in [0.1, 0.15) is 0 Å². The first-order chi connectivity index (χ1) is 12.6. The highest BCUT2D eigenvalue weighted by atomic mass is 32.1. The molecule has 140 valence electrons. The molecule has 0 saturated heterocycles. The third-order valence-electron chi connectivity index (χ3n) is 3.75. The van der Waals surface area contributed by atoms with Crippen LogP contribution in [0, 0.1) is 13.8 Å². The zero-order chi connectivity index (χ0) is 18.8. The van der Waals surface area contributed by atoms with E-state index in [0.717, 1.165) is 29.6 Å². The second kappa shape index (κ2) is 10.6. The zero-order valence-corrected chi connectivity index (χ0v) is 16.4. The lowest BCUT2D eigenvalue weighted by Crippen LogP contribution is -2.41. The van der Waals surface area contributed by atoms with Gasteiger partial charge in [-0.3, -0.25) is 9.79 Å². The molecule has 0 unspecified atom stereocenters. The molecule has 0 bridgehead atoms. The maximum atomic E-state index is 12.0. The van der Waals surface area contributed by atoms with E-state index < -0.39 is 0 Å². The van der Waals surface area contributed by atoms with Crippen molar-refractivity contribution in [2.75, 3.05) is 26.2 Å². The van der Waals surface area contributed by atoms with Crippen LogP contribution < -0.4 is 16.0 Å². The van der Waals surface area contributed by atoms with E-state index in [1.807, 2.05) is 32.0 Å². The summed E-state index contributed by atoms with van der Waals surface area (Å²) in [6.07, 6.45) is 0.834. The van der Waals surface area contributed by atoms with E-state index in [4.69, 9.17) is 0 Å². The van der Waals surface area contributed by atoms with Crippen molar-refractivity contribution >= 4 is 23.2 Å². The zero-order valence-electron chi connectivity index (χ0n) is 15.6. The van der Waals surface area contributed by atoms with Gasteiger partial charge in [-0.25, -0.2) is 4.98 Å². The number of aromatic nitrogens is 1. The molecule has 2 aromatic rings. The predicted octanol–water partition coefficient (Wildman–Crippen LogP) is 2.29. The number of nitrogens with one attached hydrogen (secondary N) is 3. The van der Waals surface area contributed by atoms with Gasteiger partial charge in [0.25, 0.3) is 5.91 Å². The lowest BCUT2D eigenvalue weighted by molar-refractivity contribution is 0.0954. The molecule has 6 nitrogen and oxygen atoms in total. The van der Waals surface area contributed by atoms with Crippen molar-refractivity contribution in [2.45, 2.75) is 27.2 Å². The highest BCUT2D eigenvalue weighted by Crippen LogP contribution is 2.16. The number of benzene rings is 1. The van der Waals surface area contributed by atoms with Crippen molar-refractivity contribution in [3.63, 3.8) is 0 Å². The van der Waals surface area contributed by atoms with Gasteiger partial charge in [0.2, 0.25) is 0 Å². The number of aliphatic imine (C=N–C) groups is 1. The molecule has 0 aliphatic carbocycles. The van der Waals surface area contributed by atoms with Crippen LogP contribution in [0.2, 0.25) is 0 Å². The topological polar surface area (TPSA) is 78.4 Å². The normalized spacial score (nSPS) is 11.3.